The molecule has 0 spiro atoms. The molecule has 0 radical (unpaired) electrons. The summed E-state index contributed by atoms with van der Waals surface area (Å²) in [6.07, 6.45) is 11.2. The second-order valence-corrected chi connectivity index (χ2v) is 21.1. The fourth-order valence-corrected chi connectivity index (χ4v) is 9.59. The number of allylic oxidation sites excluding steroid dienone is 4. The third-order valence-corrected chi connectivity index (χ3v) is 13.8. The number of carbonyl (C=O) groups excluding carboxylic acids is 1. The van der Waals surface area contributed by atoms with Crippen LogP contribution in [0.1, 0.15) is 89.5 Å². The molecule has 3 aromatic rings. The zero-order chi connectivity index (χ0) is 46.9. The molecule has 20 nitrogen and oxygen atoms in total. The number of anilines is 1. The van der Waals surface area contributed by atoms with Gasteiger partial charge in [0, 0.05) is 91.2 Å². The molecular weight excluding hydrogens is 889 g/mol. The Balaban J connectivity index is 1.26. The van der Waals surface area contributed by atoms with Gasteiger partial charge in [0.05, 0.1) is 26.7 Å². The van der Waals surface area contributed by atoms with E-state index >= 15 is 0 Å². The van der Waals surface area contributed by atoms with Crippen molar-refractivity contribution in [2.24, 2.45) is 5.11 Å². The topological polar surface area (TPSA) is 293 Å². The van der Waals surface area contributed by atoms with Crippen LogP contribution in [0.25, 0.3) is 10.4 Å². The van der Waals surface area contributed by atoms with Crippen LogP contribution < -0.4 is 15.5 Å². The average molecular weight is 945 g/mol. The molecule has 4 N–H and O–H groups in total. The Bertz CT molecular complexity index is 2690. The maximum absolute atomic E-state index is 12.7. The van der Waals surface area contributed by atoms with Crippen molar-refractivity contribution in [1.29, 1.82) is 0 Å². The van der Waals surface area contributed by atoms with Gasteiger partial charge in [-0.15, -0.1) is 5.10 Å². The van der Waals surface area contributed by atoms with Crippen LogP contribution in [-0.4, -0.2) is 109 Å². The van der Waals surface area contributed by atoms with E-state index in [0.717, 1.165) is 23.5 Å². The number of rotatable bonds is 24. The Morgan fingerprint density at radius 2 is 1.66 bits per heavy atom. The molecule has 0 bridgehead atoms. The molecule has 64 heavy (non-hydrogen) atoms. The van der Waals surface area contributed by atoms with Gasteiger partial charge in [0.15, 0.2) is 5.71 Å². The average Bonchev–Trinajstić information content (AvgIpc) is 3.81. The van der Waals surface area contributed by atoms with E-state index in [1.54, 1.807) is 16.8 Å². The third kappa shape index (κ3) is 12.8. The molecule has 0 atom stereocenters. The minimum atomic E-state index is -4.75. The summed E-state index contributed by atoms with van der Waals surface area (Å²) in [5, 5.41) is 17.9. The molecule has 3 heterocycles. The number of nitrogens with zero attached hydrogens (tertiary/aromatic N) is 8. The molecule has 0 saturated heterocycles. The van der Waals surface area contributed by atoms with E-state index in [1.165, 1.54) is 24.3 Å². The summed E-state index contributed by atoms with van der Waals surface area (Å²) in [6.45, 7) is 11.0. The summed E-state index contributed by atoms with van der Waals surface area (Å²) in [5.41, 5.74) is 11.6. The van der Waals surface area contributed by atoms with Gasteiger partial charge in [0.25, 0.3) is 20.2 Å². The van der Waals surface area contributed by atoms with Crippen molar-refractivity contribution in [2.75, 3.05) is 43.4 Å². The zero-order valence-electron chi connectivity index (χ0n) is 36.3. The standard InChI is InChI=1S/C41H56N10O10S3/c1-40(2)33-26-31(63(56,57)58)15-17-35(33)50(23-7-5-6-14-39(52)44-20-10-22-49-29-30(46-48-49)28-43-19-9-21-45-47-42)37(40)12-8-13-38-41(3,4)34-27-32(64(59,60)61)16-18-36(34)51(38)24-11-25-62(53,54)55/h8,12-13,15-18,26-27,29,43H,5-7,9-11,14,19-25,28H2,1-4H3,(H3-,44,52,53,54,55,56,57,58,59,60,61). The number of azide groups is 1. The highest BCUT2D eigenvalue weighted by Gasteiger charge is 2.45. The number of carbonyl (C=O) groups is 1. The van der Waals surface area contributed by atoms with Crippen LogP contribution in [0.15, 0.2) is 81.4 Å². The highest BCUT2D eigenvalue weighted by Crippen LogP contribution is 2.49. The summed E-state index contributed by atoms with van der Waals surface area (Å²) >= 11 is 0. The molecule has 2 aliphatic rings. The molecular formula is C41H56N10O10S3. The van der Waals surface area contributed by atoms with Crippen LogP contribution in [0.4, 0.5) is 11.4 Å². The minimum Gasteiger partial charge on any atom is -0.744 e. The van der Waals surface area contributed by atoms with Gasteiger partial charge in [-0.05, 0) is 100.0 Å². The van der Waals surface area contributed by atoms with Gasteiger partial charge in [0.1, 0.15) is 16.7 Å². The highest BCUT2D eigenvalue weighted by atomic mass is 32.2. The molecule has 2 aliphatic heterocycles. The predicted molar refractivity (Wildman–Crippen MR) is 239 cm³/mol. The van der Waals surface area contributed by atoms with Crippen molar-refractivity contribution in [2.45, 2.75) is 106 Å². The van der Waals surface area contributed by atoms with Crippen LogP contribution >= 0.6 is 0 Å². The lowest BCUT2D eigenvalue weighted by Gasteiger charge is -2.27. The molecule has 23 heteroatoms. The molecule has 0 aliphatic carbocycles. The number of nitrogens with one attached hydrogen (secondary N) is 2. The molecule has 0 saturated carbocycles. The van der Waals surface area contributed by atoms with Gasteiger partial charge < -0.3 is 20.1 Å². The van der Waals surface area contributed by atoms with Crippen molar-refractivity contribution in [3.63, 3.8) is 0 Å². The Morgan fingerprint density at radius 3 is 2.36 bits per heavy atom. The molecule has 0 fully saturated rings. The molecule has 2 aromatic carbocycles. The first-order valence-electron chi connectivity index (χ1n) is 20.9. The third-order valence-electron chi connectivity index (χ3n) is 11.3. The normalized spacial score (nSPS) is 16.4. The van der Waals surface area contributed by atoms with Gasteiger partial charge >= 0.3 is 0 Å². The maximum Gasteiger partial charge on any atom is 0.294 e. The number of fused-ring (bicyclic) bond motifs is 2. The van der Waals surface area contributed by atoms with Gasteiger partial charge in [-0.3, -0.25) is 18.6 Å². The number of aromatic nitrogens is 3. The SMILES string of the molecule is CC1(C)C(/C=C/C=C2/N(CCCS(=O)(=O)O)c3ccc(S(=O)(=O)O)cc3C2(C)C)=[N+](CCCCCC(=O)NCCCn2cc(CNCCCN=[N+]=[N-])nn2)c2ccc(S(=O)(=O)[O-])cc21. The number of benzene rings is 2. The number of amides is 1. The van der Waals surface area contributed by atoms with Gasteiger partial charge in [-0.25, -0.2) is 8.42 Å². The van der Waals surface area contributed by atoms with Crippen molar-refractivity contribution in [3.05, 3.63) is 93.8 Å². The predicted octanol–water partition coefficient (Wildman–Crippen LogP) is 4.88. The number of hydrogen-bond acceptors (Lipinski definition) is 13. The molecule has 1 aromatic heterocycles. The summed E-state index contributed by atoms with van der Waals surface area (Å²) in [7, 11) is -13.5. The van der Waals surface area contributed by atoms with E-state index in [4.69, 9.17) is 5.53 Å². The first kappa shape index (κ1) is 50.0. The molecule has 0 unspecified atom stereocenters. The monoisotopic (exact) mass is 944 g/mol. The molecule has 5 rings (SSSR count). The number of hydrogen-bond donors (Lipinski definition) is 4. The van der Waals surface area contributed by atoms with Crippen molar-refractivity contribution in [1.82, 2.24) is 25.6 Å². The second-order valence-electron chi connectivity index (χ2n) is 16.7. The van der Waals surface area contributed by atoms with E-state index in [9.17, 15) is 43.7 Å². The number of aryl methyl sites for hydroxylation is 1. The Kier molecular flexibility index (Phi) is 16.3. The zero-order valence-corrected chi connectivity index (χ0v) is 38.8. The lowest BCUT2D eigenvalue weighted by molar-refractivity contribution is -0.438. The van der Waals surface area contributed by atoms with Crippen LogP contribution in [-0.2, 0) is 59.1 Å². The van der Waals surface area contributed by atoms with Gasteiger partial charge in [-0.2, -0.15) is 21.4 Å². The van der Waals surface area contributed by atoms with E-state index in [0.29, 0.717) is 93.9 Å². The van der Waals surface area contributed by atoms with Crippen LogP contribution in [0.2, 0.25) is 0 Å². The maximum atomic E-state index is 12.7. The van der Waals surface area contributed by atoms with Gasteiger partial charge in [0.2, 0.25) is 11.6 Å². The van der Waals surface area contributed by atoms with Crippen LogP contribution in [0.5, 0.6) is 0 Å². The van der Waals surface area contributed by atoms with E-state index in [2.05, 4.69) is 35.5 Å². The van der Waals surface area contributed by atoms with Crippen LogP contribution in [0, 0.1) is 0 Å². The fraction of sp³-hybridized carbons (Fsp3) is 0.512. The Labute approximate surface area is 374 Å². The van der Waals surface area contributed by atoms with Crippen LogP contribution in [0.3, 0.4) is 0 Å². The first-order chi connectivity index (χ1) is 30.0. The minimum absolute atomic E-state index is 0.0593. The Hall–Kier alpha value is -5.00. The second kappa shape index (κ2) is 20.9. The van der Waals surface area contributed by atoms with E-state index in [1.807, 2.05) is 57.0 Å². The lowest BCUT2D eigenvalue weighted by atomic mass is 9.81. The van der Waals surface area contributed by atoms with Crippen molar-refractivity contribution < 1.29 is 48.3 Å². The quantitative estimate of drug-likeness (QED) is 0.0233. The summed E-state index contributed by atoms with van der Waals surface area (Å²) in [4.78, 5) is 16.6. The van der Waals surface area contributed by atoms with Crippen molar-refractivity contribution in [3.8, 4) is 0 Å². The molecule has 1 amide bonds. The summed E-state index contributed by atoms with van der Waals surface area (Å²) in [6, 6.07) is 8.54. The largest absolute Gasteiger partial charge is 0.744 e. The summed E-state index contributed by atoms with van der Waals surface area (Å²) in [5.74, 6) is -0.559. The van der Waals surface area contributed by atoms with Gasteiger partial charge in [-0.1, -0.05) is 30.3 Å². The van der Waals surface area contributed by atoms with E-state index < -0.39 is 46.9 Å². The fourth-order valence-electron chi connectivity index (χ4n) is 8.10. The Morgan fingerprint density at radius 1 is 0.922 bits per heavy atom. The first-order valence-corrected chi connectivity index (χ1v) is 25.4. The lowest BCUT2D eigenvalue weighted by Crippen LogP contribution is -2.29. The highest BCUT2D eigenvalue weighted by molar-refractivity contribution is 7.86. The summed E-state index contributed by atoms with van der Waals surface area (Å²) < 4.78 is 107. The van der Waals surface area contributed by atoms with Crippen molar-refractivity contribution >= 4 is 53.3 Å². The van der Waals surface area contributed by atoms with E-state index in [-0.39, 0.29) is 28.7 Å². The smallest absolute Gasteiger partial charge is 0.294 e. The number of unbranched alkanes of at least 4 members (excludes halogenated alkanes) is 2. The molecule has 348 valence electrons.